The highest BCUT2D eigenvalue weighted by Crippen LogP contribution is 2.27. The first kappa shape index (κ1) is 22.1. The van der Waals surface area contributed by atoms with E-state index in [1.54, 1.807) is 17.3 Å². The Morgan fingerprint density at radius 2 is 2.00 bits per heavy atom. The third kappa shape index (κ3) is 5.40. The van der Waals surface area contributed by atoms with Crippen LogP contribution in [0.2, 0.25) is 0 Å². The summed E-state index contributed by atoms with van der Waals surface area (Å²) in [6.45, 7) is 4.91. The highest BCUT2D eigenvalue weighted by molar-refractivity contribution is 7.14. The monoisotopic (exact) mass is 449 g/mol. The fourth-order valence-electron chi connectivity index (χ4n) is 3.73. The second-order valence-electron chi connectivity index (χ2n) is 7.67. The Bertz CT molecular complexity index is 1080. The minimum atomic E-state index is -0.946. The number of piperazine rings is 1. The molecule has 1 saturated heterocycles. The van der Waals surface area contributed by atoms with E-state index >= 15 is 0 Å². The van der Waals surface area contributed by atoms with Crippen molar-refractivity contribution in [1.82, 2.24) is 15.2 Å². The van der Waals surface area contributed by atoms with Crippen LogP contribution in [0.1, 0.15) is 21.5 Å². The van der Waals surface area contributed by atoms with Gasteiger partial charge < -0.3 is 15.3 Å². The molecular weight excluding hydrogens is 422 g/mol. The van der Waals surface area contributed by atoms with Gasteiger partial charge in [-0.1, -0.05) is 42.5 Å². The summed E-state index contributed by atoms with van der Waals surface area (Å²) >= 11 is 1.50. The summed E-state index contributed by atoms with van der Waals surface area (Å²) in [6.07, 6.45) is 2.43. The van der Waals surface area contributed by atoms with E-state index in [4.69, 9.17) is 0 Å². The van der Waals surface area contributed by atoms with E-state index < -0.39 is 5.97 Å². The van der Waals surface area contributed by atoms with Gasteiger partial charge in [0, 0.05) is 56.3 Å². The summed E-state index contributed by atoms with van der Waals surface area (Å²) in [5.74, 6) is -0.946. The molecule has 0 amide bonds. The molecule has 0 saturated carbocycles. The molecule has 1 aliphatic heterocycles. The zero-order chi connectivity index (χ0) is 22.3. The lowest BCUT2D eigenvalue weighted by Crippen LogP contribution is -2.44. The smallest absolute Gasteiger partial charge is 0.336 e. The molecule has 0 atom stereocenters. The molecule has 1 aromatic heterocycles. The summed E-state index contributed by atoms with van der Waals surface area (Å²) in [5, 5.41) is 22.0. The number of aromatic nitrogens is 1. The van der Waals surface area contributed by atoms with Crippen molar-refractivity contribution in [1.29, 1.82) is 0 Å². The first-order valence-electron chi connectivity index (χ1n) is 10.7. The van der Waals surface area contributed by atoms with E-state index in [1.165, 1.54) is 11.3 Å². The van der Waals surface area contributed by atoms with Crippen molar-refractivity contribution < 1.29 is 9.90 Å². The minimum Gasteiger partial charge on any atom is -0.478 e. The van der Waals surface area contributed by atoms with Crippen molar-refractivity contribution in [3.8, 4) is 11.3 Å². The Kier molecular flexibility index (Phi) is 7.26. The molecule has 1 fully saturated rings. The zero-order valence-corrected chi connectivity index (χ0v) is 18.9. The van der Waals surface area contributed by atoms with Crippen LogP contribution >= 0.6 is 11.3 Å². The second kappa shape index (κ2) is 10.5. The summed E-state index contributed by atoms with van der Waals surface area (Å²) < 4.78 is 0. The van der Waals surface area contributed by atoms with Crippen LogP contribution < -0.4 is 10.3 Å². The molecule has 4 rings (SSSR count). The third-order valence-electron chi connectivity index (χ3n) is 5.53. The van der Waals surface area contributed by atoms with Crippen LogP contribution in [0, 0.1) is 0 Å². The maximum atomic E-state index is 11.9. The lowest BCUT2D eigenvalue weighted by Gasteiger charge is -2.27. The molecule has 0 bridgehead atoms. The number of carbonyl (C=O) groups is 1. The van der Waals surface area contributed by atoms with E-state index in [0.717, 1.165) is 61.1 Å². The maximum Gasteiger partial charge on any atom is 0.336 e. The Morgan fingerprint density at radius 3 is 2.75 bits per heavy atom. The molecule has 166 valence electrons. The molecule has 7 nitrogen and oxygen atoms in total. The van der Waals surface area contributed by atoms with Crippen molar-refractivity contribution in [3.63, 3.8) is 0 Å². The average molecular weight is 450 g/mol. The number of hydrogen-bond acceptors (Lipinski definition) is 7. The summed E-state index contributed by atoms with van der Waals surface area (Å²) in [5.41, 5.74) is 3.87. The quantitative estimate of drug-likeness (QED) is 0.405. The second-order valence-corrected chi connectivity index (χ2v) is 8.51. The third-order valence-corrected chi connectivity index (χ3v) is 6.44. The van der Waals surface area contributed by atoms with Crippen LogP contribution in [-0.4, -0.2) is 66.9 Å². The lowest BCUT2D eigenvalue weighted by atomic mass is 9.99. The zero-order valence-electron chi connectivity index (χ0n) is 18.1. The molecule has 2 aromatic carbocycles. The Morgan fingerprint density at radius 1 is 1.22 bits per heavy atom. The molecule has 3 aromatic rings. The predicted octanol–water partition coefficient (Wildman–Crippen LogP) is 3.43. The fraction of sp³-hybridized carbons (Fsp3) is 0.292. The van der Waals surface area contributed by atoms with Gasteiger partial charge in [-0.15, -0.1) is 11.3 Å². The Hall–Kier alpha value is -3.07. The number of thiazole rings is 1. The summed E-state index contributed by atoms with van der Waals surface area (Å²) in [4.78, 5) is 18.9. The summed E-state index contributed by atoms with van der Waals surface area (Å²) in [7, 11) is 1.83. The SMILES string of the molecule is CN(/N=C/c1c(CCN2CCNCC2)cccc1C(=O)O)c1nc(-c2ccccc2)cs1. The van der Waals surface area contributed by atoms with Crippen LogP contribution in [0.5, 0.6) is 0 Å². The molecule has 2 heterocycles. The number of aromatic carboxylic acids is 1. The molecule has 2 N–H and O–H groups in total. The van der Waals surface area contributed by atoms with Crippen LogP contribution in [0.3, 0.4) is 0 Å². The van der Waals surface area contributed by atoms with Crippen molar-refractivity contribution >= 4 is 28.7 Å². The van der Waals surface area contributed by atoms with E-state index in [-0.39, 0.29) is 5.56 Å². The topological polar surface area (TPSA) is 81.1 Å². The lowest BCUT2D eigenvalue weighted by molar-refractivity contribution is 0.0696. The van der Waals surface area contributed by atoms with E-state index in [9.17, 15) is 9.90 Å². The standard InChI is InChI=1S/C24H27N5O2S/c1-28(24-27-22(17-32-24)19-6-3-2-4-7-19)26-16-21-18(8-5-9-20(21)23(30)31)10-13-29-14-11-25-12-15-29/h2-9,16-17,25H,10-15H2,1H3,(H,30,31)/b26-16+. The molecule has 0 radical (unpaired) electrons. The number of benzene rings is 2. The highest BCUT2D eigenvalue weighted by atomic mass is 32.1. The van der Waals surface area contributed by atoms with Gasteiger partial charge in [0.1, 0.15) is 0 Å². The normalized spacial score (nSPS) is 14.7. The molecule has 0 unspecified atom stereocenters. The van der Waals surface area contributed by atoms with Gasteiger partial charge in [-0.2, -0.15) is 5.10 Å². The average Bonchev–Trinajstić information content (AvgIpc) is 3.33. The molecule has 1 aliphatic rings. The van der Waals surface area contributed by atoms with Crippen molar-refractivity contribution in [2.75, 3.05) is 44.8 Å². The van der Waals surface area contributed by atoms with Gasteiger partial charge in [0.15, 0.2) is 0 Å². The first-order chi connectivity index (χ1) is 15.6. The highest BCUT2D eigenvalue weighted by Gasteiger charge is 2.15. The van der Waals surface area contributed by atoms with Crippen LogP contribution in [-0.2, 0) is 6.42 Å². The molecular formula is C24H27N5O2S. The Balaban J connectivity index is 1.52. The van der Waals surface area contributed by atoms with Gasteiger partial charge >= 0.3 is 5.97 Å². The minimum absolute atomic E-state index is 0.268. The number of carboxylic acid groups (broad SMARTS) is 1. The molecule has 8 heteroatoms. The van der Waals surface area contributed by atoms with E-state index in [1.807, 2.05) is 54.9 Å². The Labute approximate surface area is 192 Å². The number of anilines is 1. The number of hydrazone groups is 1. The van der Waals surface area contributed by atoms with Gasteiger partial charge in [-0.25, -0.2) is 14.8 Å². The predicted molar refractivity (Wildman–Crippen MR) is 130 cm³/mol. The van der Waals surface area contributed by atoms with E-state index in [2.05, 4.69) is 20.3 Å². The van der Waals surface area contributed by atoms with Crippen LogP contribution in [0.25, 0.3) is 11.3 Å². The van der Waals surface area contributed by atoms with Crippen LogP contribution in [0.4, 0.5) is 5.13 Å². The van der Waals surface area contributed by atoms with Crippen molar-refractivity contribution in [2.45, 2.75) is 6.42 Å². The van der Waals surface area contributed by atoms with Gasteiger partial charge in [0.05, 0.1) is 17.5 Å². The fourth-order valence-corrected chi connectivity index (χ4v) is 4.49. The van der Waals surface area contributed by atoms with Crippen molar-refractivity contribution in [3.05, 3.63) is 70.6 Å². The van der Waals surface area contributed by atoms with Gasteiger partial charge in [-0.3, -0.25) is 0 Å². The maximum absolute atomic E-state index is 11.9. The van der Waals surface area contributed by atoms with Crippen molar-refractivity contribution in [2.24, 2.45) is 5.10 Å². The van der Waals surface area contributed by atoms with E-state index in [0.29, 0.717) is 5.56 Å². The van der Waals surface area contributed by atoms with Gasteiger partial charge in [0.2, 0.25) is 5.13 Å². The number of nitrogens with one attached hydrogen (secondary N) is 1. The largest absolute Gasteiger partial charge is 0.478 e. The molecule has 32 heavy (non-hydrogen) atoms. The first-order valence-corrected chi connectivity index (χ1v) is 11.6. The summed E-state index contributed by atoms with van der Waals surface area (Å²) in [6, 6.07) is 15.4. The number of nitrogens with zero attached hydrogens (tertiary/aromatic N) is 4. The van der Waals surface area contributed by atoms with Crippen LogP contribution in [0.15, 0.2) is 59.0 Å². The number of hydrogen-bond donors (Lipinski definition) is 2. The van der Waals surface area contributed by atoms with Gasteiger partial charge in [-0.05, 0) is 18.1 Å². The number of carboxylic acids is 1. The van der Waals surface area contributed by atoms with Gasteiger partial charge in [0.25, 0.3) is 0 Å². The molecule has 0 aliphatic carbocycles. The molecule has 0 spiro atoms. The number of rotatable bonds is 8.